The molecule has 2 aromatic rings. The van der Waals surface area contributed by atoms with Gasteiger partial charge in [-0.25, -0.2) is 0 Å². The SMILES string of the molecule is NCC(Cc1ccc2ccccc2n1)C(=O)NC1CC1. The number of pyridine rings is 1. The van der Waals surface area contributed by atoms with Gasteiger partial charge in [0.15, 0.2) is 0 Å². The summed E-state index contributed by atoms with van der Waals surface area (Å²) < 4.78 is 0. The normalized spacial score (nSPS) is 16.1. The van der Waals surface area contributed by atoms with Crippen molar-refractivity contribution in [3.8, 4) is 0 Å². The van der Waals surface area contributed by atoms with Crippen LogP contribution in [0.4, 0.5) is 0 Å². The molecule has 20 heavy (non-hydrogen) atoms. The molecule has 1 unspecified atom stereocenters. The van der Waals surface area contributed by atoms with Crippen LogP contribution in [0.3, 0.4) is 0 Å². The van der Waals surface area contributed by atoms with Gasteiger partial charge >= 0.3 is 0 Å². The zero-order valence-corrected chi connectivity index (χ0v) is 11.4. The maximum Gasteiger partial charge on any atom is 0.224 e. The molecule has 1 saturated carbocycles. The lowest BCUT2D eigenvalue weighted by Crippen LogP contribution is -2.37. The average molecular weight is 269 g/mol. The van der Waals surface area contributed by atoms with E-state index in [1.165, 1.54) is 0 Å². The van der Waals surface area contributed by atoms with E-state index in [9.17, 15) is 4.79 Å². The predicted molar refractivity (Wildman–Crippen MR) is 79.2 cm³/mol. The van der Waals surface area contributed by atoms with E-state index < -0.39 is 0 Å². The fraction of sp³-hybridized carbons (Fsp3) is 0.375. The molecule has 1 heterocycles. The molecule has 4 nitrogen and oxygen atoms in total. The number of benzene rings is 1. The maximum absolute atomic E-state index is 12.1. The van der Waals surface area contributed by atoms with Crippen LogP contribution in [0.5, 0.6) is 0 Å². The number of amides is 1. The lowest BCUT2D eigenvalue weighted by Gasteiger charge is -2.14. The molecule has 0 bridgehead atoms. The minimum atomic E-state index is -0.190. The molecule has 4 heteroatoms. The Kier molecular flexibility index (Phi) is 3.65. The molecule has 0 saturated heterocycles. The predicted octanol–water partition coefficient (Wildman–Crippen LogP) is 1.63. The van der Waals surface area contributed by atoms with E-state index in [4.69, 9.17) is 5.73 Å². The minimum absolute atomic E-state index is 0.0601. The van der Waals surface area contributed by atoms with Gasteiger partial charge < -0.3 is 11.1 Å². The molecular formula is C16H19N3O. The average Bonchev–Trinajstić information content (AvgIpc) is 3.28. The van der Waals surface area contributed by atoms with Crippen LogP contribution in [0.1, 0.15) is 18.5 Å². The number of fused-ring (bicyclic) bond motifs is 1. The Balaban J connectivity index is 1.74. The van der Waals surface area contributed by atoms with Crippen LogP contribution in [0.2, 0.25) is 0 Å². The minimum Gasteiger partial charge on any atom is -0.353 e. The smallest absolute Gasteiger partial charge is 0.224 e. The summed E-state index contributed by atoms with van der Waals surface area (Å²) in [7, 11) is 0. The molecule has 1 aromatic heterocycles. The summed E-state index contributed by atoms with van der Waals surface area (Å²) in [5.74, 6) is -0.130. The zero-order chi connectivity index (χ0) is 13.9. The van der Waals surface area contributed by atoms with Crippen LogP contribution in [0.25, 0.3) is 10.9 Å². The topological polar surface area (TPSA) is 68.0 Å². The second-order valence-electron chi connectivity index (χ2n) is 5.41. The first-order valence-electron chi connectivity index (χ1n) is 7.11. The Morgan fingerprint density at radius 1 is 1.30 bits per heavy atom. The number of nitrogens with two attached hydrogens (primary N) is 1. The van der Waals surface area contributed by atoms with Crippen molar-refractivity contribution >= 4 is 16.8 Å². The Morgan fingerprint density at radius 3 is 2.85 bits per heavy atom. The van der Waals surface area contributed by atoms with Gasteiger partial charge in [-0.3, -0.25) is 9.78 Å². The number of nitrogens with one attached hydrogen (secondary N) is 1. The highest BCUT2D eigenvalue weighted by Crippen LogP contribution is 2.20. The highest BCUT2D eigenvalue weighted by atomic mass is 16.2. The largest absolute Gasteiger partial charge is 0.353 e. The van der Waals surface area contributed by atoms with Gasteiger partial charge in [0, 0.05) is 30.1 Å². The van der Waals surface area contributed by atoms with Crippen molar-refractivity contribution in [1.82, 2.24) is 10.3 Å². The quantitative estimate of drug-likeness (QED) is 0.867. The third kappa shape index (κ3) is 2.96. The first-order valence-corrected chi connectivity index (χ1v) is 7.11. The van der Waals surface area contributed by atoms with Crippen LogP contribution < -0.4 is 11.1 Å². The fourth-order valence-electron chi connectivity index (χ4n) is 2.30. The van der Waals surface area contributed by atoms with Crippen LogP contribution in [0.15, 0.2) is 36.4 Å². The van der Waals surface area contributed by atoms with E-state index in [0.29, 0.717) is 19.0 Å². The molecule has 0 radical (unpaired) electrons. The third-order valence-corrected chi connectivity index (χ3v) is 3.69. The van der Waals surface area contributed by atoms with Gasteiger partial charge in [0.05, 0.1) is 11.4 Å². The van der Waals surface area contributed by atoms with E-state index in [0.717, 1.165) is 29.4 Å². The monoisotopic (exact) mass is 269 g/mol. The van der Waals surface area contributed by atoms with Crippen LogP contribution in [0, 0.1) is 5.92 Å². The lowest BCUT2D eigenvalue weighted by atomic mass is 10.0. The number of nitrogens with zero attached hydrogens (tertiary/aromatic N) is 1. The van der Waals surface area contributed by atoms with Gasteiger partial charge in [0.1, 0.15) is 0 Å². The summed E-state index contributed by atoms with van der Waals surface area (Å²) in [5.41, 5.74) is 7.62. The Bertz CT molecular complexity index is 622. The first kappa shape index (κ1) is 13.1. The van der Waals surface area contributed by atoms with Gasteiger partial charge in [0.2, 0.25) is 5.91 Å². The highest BCUT2D eigenvalue weighted by Gasteiger charge is 2.27. The summed E-state index contributed by atoms with van der Waals surface area (Å²) in [5, 5.41) is 4.13. The second kappa shape index (κ2) is 5.59. The number of rotatable bonds is 5. The summed E-state index contributed by atoms with van der Waals surface area (Å²) >= 11 is 0. The molecule has 1 atom stereocenters. The molecular weight excluding hydrogens is 250 g/mol. The van der Waals surface area contributed by atoms with Crippen molar-refractivity contribution in [3.05, 3.63) is 42.1 Å². The van der Waals surface area contributed by atoms with Crippen molar-refractivity contribution in [3.63, 3.8) is 0 Å². The van der Waals surface area contributed by atoms with Gasteiger partial charge in [-0.15, -0.1) is 0 Å². The van der Waals surface area contributed by atoms with Crippen molar-refractivity contribution in [2.24, 2.45) is 11.7 Å². The summed E-state index contributed by atoms with van der Waals surface area (Å²) in [6.07, 6.45) is 2.79. The molecule has 0 aliphatic heterocycles. The lowest BCUT2D eigenvalue weighted by molar-refractivity contribution is -0.124. The fourth-order valence-corrected chi connectivity index (χ4v) is 2.30. The van der Waals surface area contributed by atoms with E-state index in [1.54, 1.807) is 0 Å². The molecule has 1 fully saturated rings. The Hall–Kier alpha value is -1.94. The number of carbonyl (C=O) groups excluding carboxylic acids is 1. The van der Waals surface area contributed by atoms with Crippen LogP contribution in [-0.4, -0.2) is 23.5 Å². The van der Waals surface area contributed by atoms with E-state index in [1.807, 2.05) is 36.4 Å². The van der Waals surface area contributed by atoms with E-state index in [2.05, 4.69) is 10.3 Å². The zero-order valence-electron chi connectivity index (χ0n) is 11.4. The number of hydrogen-bond acceptors (Lipinski definition) is 3. The molecule has 1 aliphatic rings. The summed E-state index contributed by atoms with van der Waals surface area (Å²) in [6, 6.07) is 12.4. The number of para-hydroxylation sites is 1. The highest BCUT2D eigenvalue weighted by molar-refractivity contribution is 5.80. The standard InChI is InChI=1S/C16H19N3O/c17-10-12(16(20)19-13-7-8-13)9-14-6-5-11-3-1-2-4-15(11)18-14/h1-6,12-13H,7-10,17H2,(H,19,20). The molecule has 3 rings (SSSR count). The van der Waals surface area contributed by atoms with E-state index >= 15 is 0 Å². The Labute approximate surface area is 118 Å². The maximum atomic E-state index is 12.1. The molecule has 1 amide bonds. The van der Waals surface area contributed by atoms with Crippen molar-refractivity contribution in [1.29, 1.82) is 0 Å². The van der Waals surface area contributed by atoms with Gasteiger partial charge in [-0.2, -0.15) is 0 Å². The number of carbonyl (C=O) groups is 1. The van der Waals surface area contributed by atoms with Gasteiger partial charge in [-0.05, 0) is 25.0 Å². The molecule has 104 valence electrons. The molecule has 1 aliphatic carbocycles. The van der Waals surface area contributed by atoms with Crippen LogP contribution >= 0.6 is 0 Å². The second-order valence-corrected chi connectivity index (χ2v) is 5.41. The van der Waals surface area contributed by atoms with E-state index in [-0.39, 0.29) is 11.8 Å². The van der Waals surface area contributed by atoms with Crippen molar-refractivity contribution in [2.45, 2.75) is 25.3 Å². The van der Waals surface area contributed by atoms with Crippen molar-refractivity contribution in [2.75, 3.05) is 6.54 Å². The van der Waals surface area contributed by atoms with Gasteiger partial charge in [0.25, 0.3) is 0 Å². The van der Waals surface area contributed by atoms with Crippen LogP contribution in [-0.2, 0) is 11.2 Å². The van der Waals surface area contributed by atoms with Gasteiger partial charge in [-0.1, -0.05) is 24.3 Å². The molecule has 3 N–H and O–H groups in total. The summed E-state index contributed by atoms with van der Waals surface area (Å²) in [6.45, 7) is 0.354. The number of aromatic nitrogens is 1. The first-order chi connectivity index (χ1) is 9.76. The Morgan fingerprint density at radius 2 is 2.10 bits per heavy atom. The summed E-state index contributed by atoms with van der Waals surface area (Å²) in [4.78, 5) is 16.7. The third-order valence-electron chi connectivity index (χ3n) is 3.69. The molecule has 0 spiro atoms. The molecule has 1 aromatic carbocycles. The number of hydrogen-bond donors (Lipinski definition) is 2. The van der Waals surface area contributed by atoms with Crippen molar-refractivity contribution < 1.29 is 4.79 Å².